The minimum Gasteiger partial charge on any atom is -0.312 e. The molecule has 5 nitrogen and oxygen atoms in total. The molecule has 2 heterocycles. The van der Waals surface area contributed by atoms with Crippen LogP contribution in [0.3, 0.4) is 0 Å². The first kappa shape index (κ1) is 10.3. The highest BCUT2D eigenvalue weighted by Gasteiger charge is 2.07. The molecule has 0 aliphatic rings. The van der Waals surface area contributed by atoms with Gasteiger partial charge in [-0.15, -0.1) is 0 Å². The van der Waals surface area contributed by atoms with E-state index in [4.69, 9.17) is 0 Å². The minimum absolute atomic E-state index is 0.244. The molecule has 0 unspecified atom stereocenters. The number of benzene rings is 1. The van der Waals surface area contributed by atoms with Crippen molar-refractivity contribution >= 4 is 11.0 Å². The first-order valence-corrected chi connectivity index (χ1v) is 5.33. The van der Waals surface area contributed by atoms with Gasteiger partial charge in [-0.05, 0) is 18.1 Å². The number of nitrogens with one attached hydrogen (secondary N) is 2. The van der Waals surface area contributed by atoms with E-state index in [1.54, 1.807) is 0 Å². The van der Waals surface area contributed by atoms with Crippen LogP contribution in [0, 0.1) is 11.8 Å². The molecule has 3 rings (SSSR count). The summed E-state index contributed by atoms with van der Waals surface area (Å²) in [5, 5.41) is 7.06. The fourth-order valence-corrected chi connectivity index (χ4v) is 1.61. The van der Waals surface area contributed by atoms with Crippen LogP contribution in [0.2, 0.25) is 0 Å². The standard InChI is InChI=1S/C13H8N4O/c18-13-11-10(16-17-12(11)14-8-15-13)7-6-9-4-2-1-3-5-9/h1-5,8H,(H2,14,15,16,17,18). The molecule has 0 saturated heterocycles. The van der Waals surface area contributed by atoms with E-state index in [-0.39, 0.29) is 5.56 Å². The van der Waals surface area contributed by atoms with Crippen LogP contribution in [-0.2, 0) is 0 Å². The van der Waals surface area contributed by atoms with Crippen LogP contribution in [0.5, 0.6) is 0 Å². The van der Waals surface area contributed by atoms with E-state index < -0.39 is 0 Å². The van der Waals surface area contributed by atoms with Crippen molar-refractivity contribution < 1.29 is 0 Å². The average Bonchev–Trinajstić information content (AvgIpc) is 2.82. The third-order valence-corrected chi connectivity index (χ3v) is 2.46. The van der Waals surface area contributed by atoms with E-state index in [0.29, 0.717) is 16.7 Å². The summed E-state index contributed by atoms with van der Waals surface area (Å²) < 4.78 is 0. The molecule has 0 aliphatic carbocycles. The molecular weight excluding hydrogens is 228 g/mol. The Bertz CT molecular complexity index is 805. The number of fused-ring (bicyclic) bond motifs is 1. The Balaban J connectivity index is 2.12. The van der Waals surface area contributed by atoms with Gasteiger partial charge in [0.25, 0.3) is 5.56 Å². The summed E-state index contributed by atoms with van der Waals surface area (Å²) in [6.45, 7) is 0. The first-order valence-electron chi connectivity index (χ1n) is 5.33. The van der Waals surface area contributed by atoms with Crippen molar-refractivity contribution in [3.63, 3.8) is 0 Å². The van der Waals surface area contributed by atoms with Crippen molar-refractivity contribution in [3.05, 3.63) is 58.3 Å². The maximum Gasteiger partial charge on any atom is 0.263 e. The number of aromatic nitrogens is 4. The molecule has 0 bridgehead atoms. The van der Waals surface area contributed by atoms with Crippen molar-refractivity contribution in [1.82, 2.24) is 20.2 Å². The summed E-state index contributed by atoms with van der Waals surface area (Å²) in [7, 11) is 0. The Morgan fingerprint density at radius 3 is 2.78 bits per heavy atom. The van der Waals surface area contributed by atoms with Crippen LogP contribution in [0.4, 0.5) is 0 Å². The zero-order valence-electron chi connectivity index (χ0n) is 9.27. The molecule has 2 aromatic heterocycles. The predicted molar refractivity (Wildman–Crippen MR) is 66.9 cm³/mol. The highest BCUT2D eigenvalue weighted by Crippen LogP contribution is 2.06. The third kappa shape index (κ3) is 1.76. The summed E-state index contributed by atoms with van der Waals surface area (Å²) in [6, 6.07) is 9.51. The molecule has 2 N–H and O–H groups in total. The van der Waals surface area contributed by atoms with Gasteiger partial charge in [0.15, 0.2) is 11.3 Å². The van der Waals surface area contributed by atoms with E-state index >= 15 is 0 Å². The zero-order valence-corrected chi connectivity index (χ0v) is 9.27. The van der Waals surface area contributed by atoms with Crippen LogP contribution in [0.15, 0.2) is 41.5 Å². The average molecular weight is 236 g/mol. The number of hydrogen-bond donors (Lipinski definition) is 2. The Morgan fingerprint density at radius 1 is 1.11 bits per heavy atom. The second kappa shape index (κ2) is 4.18. The van der Waals surface area contributed by atoms with Gasteiger partial charge in [-0.25, -0.2) is 4.98 Å². The van der Waals surface area contributed by atoms with Crippen molar-refractivity contribution in [2.24, 2.45) is 0 Å². The van der Waals surface area contributed by atoms with Crippen LogP contribution in [0.1, 0.15) is 11.3 Å². The lowest BCUT2D eigenvalue weighted by atomic mass is 10.2. The zero-order chi connectivity index (χ0) is 12.4. The Labute approximate surface area is 102 Å². The van der Waals surface area contributed by atoms with Crippen LogP contribution in [-0.4, -0.2) is 20.2 Å². The van der Waals surface area contributed by atoms with E-state index in [1.165, 1.54) is 6.33 Å². The lowest BCUT2D eigenvalue weighted by Gasteiger charge is -1.87. The predicted octanol–water partition coefficient (Wildman–Crippen LogP) is 1.05. The fraction of sp³-hybridized carbons (Fsp3) is 0. The quantitative estimate of drug-likeness (QED) is 0.573. The Kier molecular flexibility index (Phi) is 2.39. The van der Waals surface area contributed by atoms with Gasteiger partial charge in [-0.2, -0.15) is 5.10 Å². The molecule has 0 fully saturated rings. The van der Waals surface area contributed by atoms with E-state index in [9.17, 15) is 4.79 Å². The summed E-state index contributed by atoms with van der Waals surface area (Å²) >= 11 is 0. The third-order valence-electron chi connectivity index (χ3n) is 2.46. The first-order chi connectivity index (χ1) is 8.84. The Morgan fingerprint density at radius 2 is 1.94 bits per heavy atom. The molecule has 86 valence electrons. The number of rotatable bonds is 0. The van der Waals surface area contributed by atoms with Crippen LogP contribution >= 0.6 is 0 Å². The molecule has 0 aliphatic heterocycles. The molecule has 3 aromatic rings. The number of H-pyrrole nitrogens is 2. The van der Waals surface area contributed by atoms with E-state index in [1.807, 2.05) is 30.3 Å². The summed E-state index contributed by atoms with van der Waals surface area (Å²) in [5.41, 5.74) is 1.47. The number of hydrogen-bond acceptors (Lipinski definition) is 3. The molecule has 18 heavy (non-hydrogen) atoms. The van der Waals surface area contributed by atoms with E-state index in [0.717, 1.165) is 5.56 Å². The highest BCUT2D eigenvalue weighted by molar-refractivity contribution is 5.79. The van der Waals surface area contributed by atoms with Crippen molar-refractivity contribution in [1.29, 1.82) is 0 Å². The summed E-state index contributed by atoms with van der Waals surface area (Å²) in [5.74, 6) is 5.83. The maximum atomic E-state index is 11.6. The maximum absolute atomic E-state index is 11.6. The smallest absolute Gasteiger partial charge is 0.263 e. The van der Waals surface area contributed by atoms with Gasteiger partial charge in [0.2, 0.25) is 0 Å². The summed E-state index contributed by atoms with van der Waals surface area (Å²) in [4.78, 5) is 18.1. The van der Waals surface area contributed by atoms with Gasteiger partial charge in [-0.1, -0.05) is 24.1 Å². The van der Waals surface area contributed by atoms with Crippen LogP contribution in [0.25, 0.3) is 11.0 Å². The summed E-state index contributed by atoms with van der Waals surface area (Å²) in [6.07, 6.45) is 1.33. The number of aromatic amines is 2. The highest BCUT2D eigenvalue weighted by atomic mass is 16.1. The fourth-order valence-electron chi connectivity index (χ4n) is 1.61. The van der Waals surface area contributed by atoms with Gasteiger partial charge in [-0.3, -0.25) is 9.89 Å². The topological polar surface area (TPSA) is 74.4 Å². The lowest BCUT2D eigenvalue weighted by molar-refractivity contribution is 1.07. The molecular formula is C13H8N4O. The van der Waals surface area contributed by atoms with Gasteiger partial charge in [0.1, 0.15) is 5.39 Å². The van der Waals surface area contributed by atoms with Crippen molar-refractivity contribution in [2.45, 2.75) is 0 Å². The van der Waals surface area contributed by atoms with Gasteiger partial charge < -0.3 is 4.98 Å². The lowest BCUT2D eigenvalue weighted by Crippen LogP contribution is -2.05. The monoisotopic (exact) mass is 236 g/mol. The van der Waals surface area contributed by atoms with Crippen LogP contribution < -0.4 is 5.56 Å². The molecule has 0 radical (unpaired) electrons. The molecule has 5 heteroatoms. The SMILES string of the molecule is O=c1[nH]cnc2[nH]nc(C#Cc3ccccc3)c12. The second-order valence-electron chi connectivity index (χ2n) is 3.64. The largest absolute Gasteiger partial charge is 0.312 e. The number of nitrogens with zero attached hydrogens (tertiary/aromatic N) is 2. The second-order valence-corrected chi connectivity index (χ2v) is 3.64. The van der Waals surface area contributed by atoms with E-state index in [2.05, 4.69) is 32.0 Å². The van der Waals surface area contributed by atoms with Gasteiger partial charge in [0, 0.05) is 5.56 Å². The van der Waals surface area contributed by atoms with Gasteiger partial charge in [0.05, 0.1) is 6.33 Å². The normalized spacial score (nSPS) is 10.0. The van der Waals surface area contributed by atoms with Crippen molar-refractivity contribution in [2.75, 3.05) is 0 Å². The van der Waals surface area contributed by atoms with Gasteiger partial charge >= 0.3 is 0 Å². The minimum atomic E-state index is -0.244. The van der Waals surface area contributed by atoms with Crippen molar-refractivity contribution in [3.8, 4) is 11.8 Å². The molecule has 1 aromatic carbocycles. The molecule has 0 saturated carbocycles. The molecule has 0 spiro atoms. The Hall–Kier alpha value is -2.87. The molecule has 0 atom stereocenters. The molecule has 0 amide bonds.